The lowest BCUT2D eigenvalue weighted by Crippen LogP contribution is -2.22. The van der Waals surface area contributed by atoms with Crippen molar-refractivity contribution in [1.82, 2.24) is 9.97 Å². The lowest BCUT2D eigenvalue weighted by molar-refractivity contribution is -0.384. The van der Waals surface area contributed by atoms with Gasteiger partial charge in [-0.1, -0.05) is 0 Å². The summed E-state index contributed by atoms with van der Waals surface area (Å²) in [7, 11) is 1.78. The van der Waals surface area contributed by atoms with Gasteiger partial charge < -0.3 is 4.90 Å². The van der Waals surface area contributed by atoms with Crippen LogP contribution in [-0.4, -0.2) is 28.0 Å². The molecule has 0 aromatic carbocycles. The summed E-state index contributed by atoms with van der Waals surface area (Å²) in [4.78, 5) is 19.5. The van der Waals surface area contributed by atoms with Crippen molar-refractivity contribution in [3.63, 3.8) is 0 Å². The Balaban J connectivity index is 2.41. The summed E-state index contributed by atoms with van der Waals surface area (Å²) in [6.45, 7) is 0. The molecule has 0 atom stereocenters. The molecule has 1 aliphatic rings. The van der Waals surface area contributed by atoms with Gasteiger partial charge in [-0.25, -0.2) is 4.98 Å². The first-order chi connectivity index (χ1) is 7.09. The van der Waals surface area contributed by atoms with E-state index in [9.17, 15) is 10.1 Å². The van der Waals surface area contributed by atoms with Gasteiger partial charge in [0.2, 0.25) is 11.1 Å². The third kappa shape index (κ3) is 1.99. The minimum Gasteiger partial charge on any atom is -0.351 e. The van der Waals surface area contributed by atoms with Crippen molar-refractivity contribution in [2.24, 2.45) is 0 Å². The summed E-state index contributed by atoms with van der Waals surface area (Å²) in [6, 6.07) is 0.342. The van der Waals surface area contributed by atoms with Crippen LogP contribution in [0.15, 0.2) is 6.20 Å². The molecule has 0 aliphatic heterocycles. The number of hydrogen-bond donors (Lipinski definition) is 0. The average molecular weight is 229 g/mol. The average Bonchev–Trinajstić information content (AvgIpc) is 2.99. The minimum absolute atomic E-state index is 0.0306. The molecule has 6 nitrogen and oxygen atoms in total. The number of hydrogen-bond acceptors (Lipinski definition) is 5. The van der Waals surface area contributed by atoms with Crippen molar-refractivity contribution in [2.75, 3.05) is 11.9 Å². The summed E-state index contributed by atoms with van der Waals surface area (Å²) in [5.74, 6) is 0.294. The first-order valence-corrected chi connectivity index (χ1v) is 4.87. The van der Waals surface area contributed by atoms with E-state index in [0.29, 0.717) is 11.9 Å². The molecule has 1 fully saturated rings. The molecular formula is C8H9ClN4O2. The molecule has 0 N–H and O–H groups in total. The second-order valence-electron chi connectivity index (χ2n) is 3.45. The minimum atomic E-state index is -0.495. The Bertz CT molecular complexity index is 408. The second-order valence-corrected chi connectivity index (χ2v) is 3.79. The Morgan fingerprint density at radius 1 is 1.67 bits per heavy atom. The van der Waals surface area contributed by atoms with Crippen LogP contribution >= 0.6 is 11.6 Å². The molecule has 0 radical (unpaired) electrons. The number of halogens is 1. The number of rotatable bonds is 3. The molecule has 1 heterocycles. The lowest BCUT2D eigenvalue weighted by Gasteiger charge is -2.16. The lowest BCUT2D eigenvalue weighted by atomic mass is 10.4. The van der Waals surface area contributed by atoms with E-state index in [1.165, 1.54) is 0 Å². The highest BCUT2D eigenvalue weighted by molar-refractivity contribution is 6.28. The molecule has 1 saturated carbocycles. The van der Waals surface area contributed by atoms with Crippen LogP contribution < -0.4 is 4.90 Å². The second kappa shape index (κ2) is 3.62. The van der Waals surface area contributed by atoms with Crippen LogP contribution in [0.3, 0.4) is 0 Å². The van der Waals surface area contributed by atoms with Crippen LogP contribution in [0, 0.1) is 10.1 Å². The third-order valence-electron chi connectivity index (χ3n) is 2.35. The molecule has 15 heavy (non-hydrogen) atoms. The number of nitrogens with zero attached hydrogens (tertiary/aromatic N) is 4. The zero-order chi connectivity index (χ0) is 11.0. The zero-order valence-electron chi connectivity index (χ0n) is 8.05. The maximum Gasteiger partial charge on any atom is 0.329 e. The van der Waals surface area contributed by atoms with Gasteiger partial charge in [0.15, 0.2) is 0 Å². The molecule has 1 aromatic rings. The monoisotopic (exact) mass is 228 g/mol. The molecule has 0 saturated heterocycles. The van der Waals surface area contributed by atoms with Crippen molar-refractivity contribution < 1.29 is 4.92 Å². The van der Waals surface area contributed by atoms with Gasteiger partial charge in [-0.05, 0) is 24.4 Å². The molecule has 1 aliphatic carbocycles. The van der Waals surface area contributed by atoms with E-state index in [0.717, 1.165) is 19.0 Å². The van der Waals surface area contributed by atoms with E-state index in [4.69, 9.17) is 11.6 Å². The van der Waals surface area contributed by atoms with Gasteiger partial charge in [0.1, 0.15) is 6.20 Å². The molecule has 0 bridgehead atoms. The summed E-state index contributed by atoms with van der Waals surface area (Å²) in [5, 5.41) is 10.8. The fourth-order valence-corrected chi connectivity index (χ4v) is 1.50. The highest BCUT2D eigenvalue weighted by Gasteiger charge is 2.31. The van der Waals surface area contributed by atoms with Gasteiger partial charge in [0, 0.05) is 13.1 Å². The van der Waals surface area contributed by atoms with Gasteiger partial charge >= 0.3 is 5.69 Å². The SMILES string of the molecule is CN(c1nc(Cl)ncc1[N+](=O)[O-])C1CC1. The van der Waals surface area contributed by atoms with Crippen LogP contribution in [0.5, 0.6) is 0 Å². The topological polar surface area (TPSA) is 72.2 Å². The summed E-state index contributed by atoms with van der Waals surface area (Å²) < 4.78 is 0. The largest absolute Gasteiger partial charge is 0.351 e. The van der Waals surface area contributed by atoms with Crippen molar-refractivity contribution in [1.29, 1.82) is 0 Å². The Labute approximate surface area is 91.0 Å². The van der Waals surface area contributed by atoms with Crippen LogP contribution in [-0.2, 0) is 0 Å². The van der Waals surface area contributed by atoms with Crippen LogP contribution in [0.25, 0.3) is 0 Å². The maximum absolute atomic E-state index is 10.7. The Kier molecular flexibility index (Phi) is 2.44. The van der Waals surface area contributed by atoms with E-state index in [1.54, 1.807) is 11.9 Å². The standard InChI is InChI=1S/C8H9ClN4O2/c1-12(5-2-3-5)7-6(13(14)15)4-10-8(9)11-7/h4-5H,2-3H2,1H3. The zero-order valence-corrected chi connectivity index (χ0v) is 8.81. The number of aromatic nitrogens is 2. The van der Waals surface area contributed by atoms with Gasteiger partial charge in [0.05, 0.1) is 4.92 Å². The molecule has 2 rings (SSSR count). The van der Waals surface area contributed by atoms with Gasteiger partial charge in [-0.15, -0.1) is 0 Å². The molecule has 7 heteroatoms. The first kappa shape index (κ1) is 10.1. The smallest absolute Gasteiger partial charge is 0.329 e. The molecule has 0 spiro atoms. The maximum atomic E-state index is 10.7. The number of nitro groups is 1. The van der Waals surface area contributed by atoms with Gasteiger partial charge in [-0.3, -0.25) is 10.1 Å². The van der Waals surface area contributed by atoms with Crippen molar-refractivity contribution in [3.05, 3.63) is 21.6 Å². The third-order valence-corrected chi connectivity index (χ3v) is 2.53. The van der Waals surface area contributed by atoms with Crippen LogP contribution in [0.4, 0.5) is 11.5 Å². The van der Waals surface area contributed by atoms with Crippen molar-refractivity contribution >= 4 is 23.1 Å². The fourth-order valence-electron chi connectivity index (χ4n) is 1.37. The van der Waals surface area contributed by atoms with Crippen molar-refractivity contribution in [2.45, 2.75) is 18.9 Å². The summed E-state index contributed by atoms with van der Waals surface area (Å²) >= 11 is 5.62. The Hall–Kier alpha value is -1.43. The summed E-state index contributed by atoms with van der Waals surface area (Å²) in [6.07, 6.45) is 3.22. The molecule has 0 unspecified atom stereocenters. The first-order valence-electron chi connectivity index (χ1n) is 4.49. The quantitative estimate of drug-likeness (QED) is 0.447. The number of anilines is 1. The summed E-state index contributed by atoms with van der Waals surface area (Å²) in [5.41, 5.74) is -0.103. The molecule has 0 amide bonds. The van der Waals surface area contributed by atoms with E-state index in [1.807, 2.05) is 0 Å². The molecule has 1 aromatic heterocycles. The Morgan fingerprint density at radius 2 is 2.33 bits per heavy atom. The van der Waals surface area contributed by atoms with E-state index < -0.39 is 4.92 Å². The van der Waals surface area contributed by atoms with E-state index >= 15 is 0 Å². The Morgan fingerprint density at radius 3 is 2.87 bits per heavy atom. The normalized spacial score (nSPS) is 15.1. The predicted molar refractivity (Wildman–Crippen MR) is 55.1 cm³/mol. The van der Waals surface area contributed by atoms with Crippen LogP contribution in [0.1, 0.15) is 12.8 Å². The molecule has 80 valence electrons. The van der Waals surface area contributed by atoms with E-state index in [-0.39, 0.29) is 11.0 Å². The van der Waals surface area contributed by atoms with Crippen molar-refractivity contribution in [3.8, 4) is 0 Å². The fraction of sp³-hybridized carbons (Fsp3) is 0.500. The van der Waals surface area contributed by atoms with Crippen LogP contribution in [0.2, 0.25) is 5.28 Å². The highest BCUT2D eigenvalue weighted by Crippen LogP contribution is 2.34. The predicted octanol–water partition coefficient (Wildman–Crippen LogP) is 1.64. The van der Waals surface area contributed by atoms with Gasteiger partial charge in [0.25, 0.3) is 0 Å². The highest BCUT2D eigenvalue weighted by atomic mass is 35.5. The molecular weight excluding hydrogens is 220 g/mol. The van der Waals surface area contributed by atoms with Gasteiger partial charge in [-0.2, -0.15) is 4.98 Å². The van der Waals surface area contributed by atoms with E-state index in [2.05, 4.69) is 9.97 Å².